The van der Waals surface area contributed by atoms with Crippen LogP contribution >= 0.6 is 12.2 Å². The summed E-state index contributed by atoms with van der Waals surface area (Å²) in [6.45, 7) is 0.754. The van der Waals surface area contributed by atoms with E-state index in [1.807, 2.05) is 7.05 Å². The van der Waals surface area contributed by atoms with Crippen molar-refractivity contribution in [2.45, 2.75) is 6.54 Å². The molecule has 0 aliphatic rings. The Balaban J connectivity index is 2.16. The normalized spacial score (nSPS) is 10.1. The van der Waals surface area contributed by atoms with Crippen LogP contribution in [-0.4, -0.2) is 12.2 Å². The van der Waals surface area contributed by atoms with Gasteiger partial charge >= 0.3 is 0 Å². The topological polar surface area (TPSA) is 24.1 Å². The molecule has 0 fully saturated rings. The second-order valence-electron chi connectivity index (χ2n) is 3.61. The van der Waals surface area contributed by atoms with Gasteiger partial charge in [-0.15, -0.1) is 0 Å². The van der Waals surface area contributed by atoms with Gasteiger partial charge in [0.2, 0.25) is 0 Å². The first-order chi connectivity index (χ1) is 7.79. The Labute approximate surface area is 101 Å². The maximum atomic E-state index is 5.03. The number of thiocarbonyl (C=S) groups is 1. The molecule has 0 aliphatic heterocycles. The quantitative estimate of drug-likeness (QED) is 0.775. The number of rotatable bonds is 2. The number of nitrogens with one attached hydrogen (secondary N) is 2. The van der Waals surface area contributed by atoms with Gasteiger partial charge in [-0.1, -0.05) is 36.4 Å². The van der Waals surface area contributed by atoms with Crippen LogP contribution in [0.15, 0.2) is 42.5 Å². The molecule has 0 radical (unpaired) electrons. The van der Waals surface area contributed by atoms with Crippen LogP contribution in [0, 0.1) is 0 Å². The highest BCUT2D eigenvalue weighted by atomic mass is 32.1. The SMILES string of the molecule is CNC(=S)NCc1ccc2ccccc2c1. The lowest BCUT2D eigenvalue weighted by Crippen LogP contribution is -2.31. The van der Waals surface area contributed by atoms with Crippen LogP contribution in [0.3, 0.4) is 0 Å². The van der Waals surface area contributed by atoms with Crippen molar-refractivity contribution in [1.29, 1.82) is 0 Å². The Kier molecular flexibility index (Phi) is 3.37. The van der Waals surface area contributed by atoms with E-state index < -0.39 is 0 Å². The molecule has 0 aliphatic carbocycles. The molecule has 2 rings (SSSR count). The first-order valence-corrected chi connectivity index (χ1v) is 5.63. The smallest absolute Gasteiger partial charge is 0.166 e. The van der Waals surface area contributed by atoms with Crippen molar-refractivity contribution in [2.75, 3.05) is 7.05 Å². The molecule has 2 aromatic carbocycles. The molecule has 2 nitrogen and oxygen atoms in total. The standard InChI is InChI=1S/C13H14N2S/c1-14-13(16)15-9-10-6-7-11-4-2-3-5-12(11)8-10/h2-8H,9H2,1H3,(H2,14,15,16). The molecule has 0 saturated carbocycles. The monoisotopic (exact) mass is 230 g/mol. The lowest BCUT2D eigenvalue weighted by atomic mass is 10.1. The third kappa shape index (κ3) is 2.49. The van der Waals surface area contributed by atoms with Crippen LogP contribution in [-0.2, 0) is 6.54 Å². The van der Waals surface area contributed by atoms with Crippen LogP contribution in [0.4, 0.5) is 0 Å². The highest BCUT2D eigenvalue weighted by Gasteiger charge is 1.96. The number of benzene rings is 2. The molecule has 0 bridgehead atoms. The summed E-state index contributed by atoms with van der Waals surface area (Å²) < 4.78 is 0. The van der Waals surface area contributed by atoms with Crippen molar-refractivity contribution in [3.05, 3.63) is 48.0 Å². The third-order valence-electron chi connectivity index (χ3n) is 2.49. The fraction of sp³-hybridized carbons (Fsp3) is 0.154. The Morgan fingerprint density at radius 1 is 1.12 bits per heavy atom. The number of hydrogen-bond acceptors (Lipinski definition) is 1. The van der Waals surface area contributed by atoms with E-state index in [4.69, 9.17) is 12.2 Å². The van der Waals surface area contributed by atoms with Crippen molar-refractivity contribution >= 4 is 28.1 Å². The zero-order valence-corrected chi connectivity index (χ0v) is 9.97. The maximum Gasteiger partial charge on any atom is 0.166 e. The fourth-order valence-corrected chi connectivity index (χ4v) is 1.69. The van der Waals surface area contributed by atoms with Gasteiger partial charge < -0.3 is 10.6 Å². The van der Waals surface area contributed by atoms with Gasteiger partial charge in [0.15, 0.2) is 5.11 Å². The average Bonchev–Trinajstić information content (AvgIpc) is 2.35. The van der Waals surface area contributed by atoms with Gasteiger partial charge in [0.1, 0.15) is 0 Å². The molecule has 0 unspecified atom stereocenters. The minimum atomic E-state index is 0.674. The van der Waals surface area contributed by atoms with Crippen LogP contribution in [0.25, 0.3) is 10.8 Å². The van der Waals surface area contributed by atoms with Gasteiger partial charge in [0.05, 0.1) is 0 Å². The van der Waals surface area contributed by atoms with Gasteiger partial charge in [-0.2, -0.15) is 0 Å². The predicted octanol–water partition coefficient (Wildman–Crippen LogP) is 2.43. The Hall–Kier alpha value is -1.61. The van der Waals surface area contributed by atoms with Crippen molar-refractivity contribution in [2.24, 2.45) is 0 Å². The summed E-state index contributed by atoms with van der Waals surface area (Å²) in [4.78, 5) is 0. The highest BCUT2D eigenvalue weighted by Crippen LogP contribution is 2.15. The van der Waals surface area contributed by atoms with Crippen LogP contribution in [0.2, 0.25) is 0 Å². The largest absolute Gasteiger partial charge is 0.366 e. The molecule has 82 valence electrons. The molecule has 0 aromatic heterocycles. The zero-order valence-electron chi connectivity index (χ0n) is 9.16. The highest BCUT2D eigenvalue weighted by molar-refractivity contribution is 7.80. The van der Waals surface area contributed by atoms with Crippen LogP contribution in [0.5, 0.6) is 0 Å². The van der Waals surface area contributed by atoms with E-state index >= 15 is 0 Å². The third-order valence-corrected chi connectivity index (χ3v) is 2.84. The van der Waals surface area contributed by atoms with Crippen molar-refractivity contribution in [1.82, 2.24) is 10.6 Å². The second kappa shape index (κ2) is 4.94. The predicted molar refractivity (Wildman–Crippen MR) is 72.4 cm³/mol. The van der Waals surface area contributed by atoms with Gasteiger partial charge in [0, 0.05) is 13.6 Å². The van der Waals surface area contributed by atoms with Gasteiger partial charge in [-0.05, 0) is 34.6 Å². The molecule has 0 spiro atoms. The van der Waals surface area contributed by atoms with Crippen LogP contribution in [0.1, 0.15) is 5.56 Å². The molecule has 2 N–H and O–H groups in total. The van der Waals surface area contributed by atoms with Crippen molar-refractivity contribution in [3.63, 3.8) is 0 Å². The van der Waals surface area contributed by atoms with E-state index in [9.17, 15) is 0 Å². The Bertz CT molecular complexity index is 508. The molecule has 0 heterocycles. The summed E-state index contributed by atoms with van der Waals surface area (Å²) in [5, 5.41) is 9.23. The molecular formula is C13H14N2S. The lowest BCUT2D eigenvalue weighted by molar-refractivity contribution is 0.892. The minimum absolute atomic E-state index is 0.674. The lowest BCUT2D eigenvalue weighted by Gasteiger charge is -2.07. The molecule has 0 saturated heterocycles. The first-order valence-electron chi connectivity index (χ1n) is 5.23. The summed E-state index contributed by atoms with van der Waals surface area (Å²) in [5.41, 5.74) is 1.23. The van der Waals surface area contributed by atoms with Gasteiger partial charge in [-0.3, -0.25) is 0 Å². The maximum absolute atomic E-state index is 5.03. The Morgan fingerprint density at radius 3 is 2.62 bits per heavy atom. The first kappa shape index (κ1) is 10.9. The van der Waals surface area contributed by atoms with Gasteiger partial charge in [-0.25, -0.2) is 0 Å². The van der Waals surface area contributed by atoms with E-state index in [2.05, 4.69) is 53.1 Å². The summed E-state index contributed by atoms with van der Waals surface area (Å²) in [6, 6.07) is 14.8. The minimum Gasteiger partial charge on any atom is -0.366 e. The molecule has 0 amide bonds. The molecule has 3 heteroatoms. The summed E-state index contributed by atoms with van der Waals surface area (Å²) in [7, 11) is 1.82. The molecule has 16 heavy (non-hydrogen) atoms. The zero-order chi connectivity index (χ0) is 11.4. The molecular weight excluding hydrogens is 216 g/mol. The molecule has 2 aromatic rings. The number of fused-ring (bicyclic) bond motifs is 1. The summed E-state index contributed by atoms with van der Waals surface area (Å²) in [6.07, 6.45) is 0. The van der Waals surface area contributed by atoms with E-state index in [-0.39, 0.29) is 0 Å². The second-order valence-corrected chi connectivity index (χ2v) is 4.02. The summed E-state index contributed by atoms with van der Waals surface area (Å²) >= 11 is 5.03. The Morgan fingerprint density at radius 2 is 1.88 bits per heavy atom. The van der Waals surface area contributed by atoms with E-state index in [0.29, 0.717) is 5.11 Å². The van der Waals surface area contributed by atoms with Crippen molar-refractivity contribution < 1.29 is 0 Å². The van der Waals surface area contributed by atoms with Crippen LogP contribution < -0.4 is 10.6 Å². The van der Waals surface area contributed by atoms with E-state index in [1.54, 1.807) is 0 Å². The van der Waals surface area contributed by atoms with Crippen molar-refractivity contribution in [3.8, 4) is 0 Å². The van der Waals surface area contributed by atoms with E-state index in [1.165, 1.54) is 16.3 Å². The average molecular weight is 230 g/mol. The van der Waals surface area contributed by atoms with E-state index in [0.717, 1.165) is 6.54 Å². The van der Waals surface area contributed by atoms with Gasteiger partial charge in [0.25, 0.3) is 0 Å². The fourth-order valence-electron chi connectivity index (χ4n) is 1.62. The number of hydrogen-bond donors (Lipinski definition) is 2. The summed E-state index contributed by atoms with van der Waals surface area (Å²) in [5.74, 6) is 0. The molecule has 0 atom stereocenters.